The van der Waals surface area contributed by atoms with Gasteiger partial charge in [0.2, 0.25) is 5.91 Å². The average Bonchev–Trinajstić information content (AvgIpc) is 2.45. The predicted octanol–water partition coefficient (Wildman–Crippen LogP) is 2.48. The van der Waals surface area contributed by atoms with Crippen molar-refractivity contribution in [3.8, 4) is 0 Å². The minimum Gasteiger partial charge on any atom is -0.379 e. The third-order valence-corrected chi connectivity index (χ3v) is 4.58. The van der Waals surface area contributed by atoms with Crippen LogP contribution in [-0.4, -0.2) is 42.1 Å². The van der Waals surface area contributed by atoms with Crippen molar-refractivity contribution in [2.75, 3.05) is 26.3 Å². The molecule has 2 aliphatic rings. The minimum atomic E-state index is -0.283. The molecule has 20 heavy (non-hydrogen) atoms. The molecule has 5 heteroatoms. The Hall–Kier alpha value is -1.13. The maximum absolute atomic E-state index is 12.4. The molecular weight excluding hydrogens is 276 g/mol. The molecule has 0 radical (unpaired) electrons. The van der Waals surface area contributed by atoms with E-state index in [2.05, 4.69) is 4.98 Å². The molecule has 0 N–H and O–H groups in total. The van der Waals surface area contributed by atoms with Crippen LogP contribution in [0.2, 0.25) is 5.15 Å². The topological polar surface area (TPSA) is 42.4 Å². The van der Waals surface area contributed by atoms with Gasteiger partial charge < -0.3 is 9.64 Å². The molecule has 1 amide bonds. The number of nitrogens with zero attached hydrogens (tertiary/aromatic N) is 2. The van der Waals surface area contributed by atoms with E-state index in [-0.39, 0.29) is 11.3 Å². The lowest BCUT2D eigenvalue weighted by atomic mass is 9.84. The molecule has 0 aromatic carbocycles. The van der Waals surface area contributed by atoms with Crippen LogP contribution in [-0.2, 0) is 9.53 Å². The molecule has 4 nitrogen and oxygen atoms in total. The molecule has 2 fully saturated rings. The first-order chi connectivity index (χ1) is 9.58. The van der Waals surface area contributed by atoms with Crippen LogP contribution in [0.3, 0.4) is 0 Å². The molecule has 0 spiro atoms. The number of likely N-dealkylation sites (tertiary alicyclic amines) is 1. The van der Waals surface area contributed by atoms with Crippen LogP contribution in [0.25, 0.3) is 0 Å². The summed E-state index contributed by atoms with van der Waals surface area (Å²) in [5.41, 5.74) is 0.939. The van der Waals surface area contributed by atoms with Gasteiger partial charge in [-0.1, -0.05) is 17.7 Å². The summed E-state index contributed by atoms with van der Waals surface area (Å²) in [6, 6.07) is 3.87. The largest absolute Gasteiger partial charge is 0.379 e. The second kappa shape index (κ2) is 5.34. The van der Waals surface area contributed by atoms with Crippen molar-refractivity contribution in [2.45, 2.75) is 25.7 Å². The molecule has 3 heterocycles. The summed E-state index contributed by atoms with van der Waals surface area (Å²) in [7, 11) is 0. The van der Waals surface area contributed by atoms with Gasteiger partial charge in [0.05, 0.1) is 18.6 Å². The van der Waals surface area contributed by atoms with Crippen LogP contribution in [0.15, 0.2) is 18.3 Å². The third kappa shape index (κ3) is 2.54. The Morgan fingerprint density at radius 3 is 2.60 bits per heavy atom. The minimum absolute atomic E-state index is 0.247. The first kappa shape index (κ1) is 13.8. The highest BCUT2D eigenvalue weighted by Gasteiger charge is 2.44. The van der Waals surface area contributed by atoms with Gasteiger partial charge in [-0.15, -0.1) is 0 Å². The van der Waals surface area contributed by atoms with Crippen LogP contribution >= 0.6 is 11.6 Å². The molecule has 0 atom stereocenters. The Labute approximate surface area is 124 Å². The summed E-state index contributed by atoms with van der Waals surface area (Å²) in [5, 5.41) is 0.527. The Morgan fingerprint density at radius 2 is 2.10 bits per heavy atom. The molecule has 0 aliphatic carbocycles. The van der Waals surface area contributed by atoms with E-state index in [1.54, 1.807) is 0 Å². The lowest BCUT2D eigenvalue weighted by Crippen LogP contribution is -2.54. The monoisotopic (exact) mass is 294 g/mol. The zero-order valence-electron chi connectivity index (χ0n) is 11.6. The van der Waals surface area contributed by atoms with E-state index in [9.17, 15) is 4.79 Å². The molecule has 3 rings (SSSR count). The first-order valence-electron chi connectivity index (χ1n) is 7.07. The molecule has 0 bridgehead atoms. The van der Waals surface area contributed by atoms with Crippen LogP contribution in [0, 0.1) is 5.41 Å². The highest BCUT2D eigenvalue weighted by molar-refractivity contribution is 6.29. The molecule has 0 saturated carbocycles. The van der Waals surface area contributed by atoms with E-state index in [0.717, 1.165) is 25.9 Å². The van der Waals surface area contributed by atoms with E-state index in [4.69, 9.17) is 16.3 Å². The number of carbonyl (C=O) groups excluding carboxylic acids is 1. The number of halogens is 1. The molecule has 2 aliphatic heterocycles. The van der Waals surface area contributed by atoms with Crippen LogP contribution in [0.5, 0.6) is 0 Å². The summed E-state index contributed by atoms with van der Waals surface area (Å²) in [5.74, 6) is 0.727. The fourth-order valence-electron chi connectivity index (χ4n) is 2.96. The number of hydrogen-bond acceptors (Lipinski definition) is 3. The number of piperidine rings is 1. The Bertz CT molecular complexity index is 491. The lowest BCUT2D eigenvalue weighted by molar-refractivity contribution is -0.169. The fourth-order valence-corrected chi connectivity index (χ4v) is 3.07. The van der Waals surface area contributed by atoms with Crippen molar-refractivity contribution < 1.29 is 9.53 Å². The molecular formula is C15H19ClN2O2. The highest BCUT2D eigenvalue weighted by atomic mass is 35.5. The van der Waals surface area contributed by atoms with Crippen LogP contribution in [0.4, 0.5) is 0 Å². The second-order valence-electron chi connectivity index (χ2n) is 6.03. The summed E-state index contributed by atoms with van der Waals surface area (Å²) in [4.78, 5) is 18.5. The summed E-state index contributed by atoms with van der Waals surface area (Å²) in [6.45, 7) is 4.76. The zero-order valence-corrected chi connectivity index (χ0v) is 12.4. The Kier molecular flexibility index (Phi) is 3.69. The van der Waals surface area contributed by atoms with Crippen LogP contribution in [0.1, 0.15) is 31.2 Å². The van der Waals surface area contributed by atoms with Crippen molar-refractivity contribution in [1.82, 2.24) is 9.88 Å². The second-order valence-corrected chi connectivity index (χ2v) is 6.42. The molecule has 1 aromatic rings. The van der Waals surface area contributed by atoms with Gasteiger partial charge in [0.25, 0.3) is 0 Å². The lowest BCUT2D eigenvalue weighted by Gasteiger charge is -2.42. The smallest absolute Gasteiger partial charge is 0.233 e. The van der Waals surface area contributed by atoms with Gasteiger partial charge in [0, 0.05) is 19.3 Å². The van der Waals surface area contributed by atoms with E-state index in [1.165, 1.54) is 5.56 Å². The molecule has 2 saturated heterocycles. The number of amides is 1. The molecule has 1 aromatic heterocycles. The maximum atomic E-state index is 12.4. The predicted molar refractivity (Wildman–Crippen MR) is 76.7 cm³/mol. The number of carbonyl (C=O) groups is 1. The van der Waals surface area contributed by atoms with Gasteiger partial charge in [-0.2, -0.15) is 0 Å². The maximum Gasteiger partial charge on any atom is 0.233 e. The van der Waals surface area contributed by atoms with E-state index < -0.39 is 0 Å². The Morgan fingerprint density at radius 1 is 1.40 bits per heavy atom. The summed E-state index contributed by atoms with van der Waals surface area (Å²) in [6.07, 6.45) is 3.84. The quantitative estimate of drug-likeness (QED) is 0.787. The summed E-state index contributed by atoms with van der Waals surface area (Å²) >= 11 is 5.81. The average molecular weight is 295 g/mol. The number of pyridine rings is 1. The van der Waals surface area contributed by atoms with Crippen molar-refractivity contribution in [2.24, 2.45) is 5.41 Å². The van der Waals surface area contributed by atoms with E-state index in [0.29, 0.717) is 24.3 Å². The first-order valence-corrected chi connectivity index (χ1v) is 7.45. The Balaban J connectivity index is 1.59. The van der Waals surface area contributed by atoms with Gasteiger partial charge in [0.1, 0.15) is 5.15 Å². The number of aromatic nitrogens is 1. The fraction of sp³-hybridized carbons (Fsp3) is 0.600. The van der Waals surface area contributed by atoms with Crippen molar-refractivity contribution in [1.29, 1.82) is 0 Å². The van der Waals surface area contributed by atoms with Crippen molar-refractivity contribution >= 4 is 17.5 Å². The van der Waals surface area contributed by atoms with E-state index in [1.807, 2.05) is 30.2 Å². The highest BCUT2D eigenvalue weighted by Crippen LogP contribution is 2.33. The van der Waals surface area contributed by atoms with Gasteiger partial charge in [-0.25, -0.2) is 4.98 Å². The molecule has 0 unspecified atom stereocenters. The van der Waals surface area contributed by atoms with Gasteiger partial charge >= 0.3 is 0 Å². The van der Waals surface area contributed by atoms with Gasteiger partial charge in [-0.05, 0) is 37.3 Å². The normalized spacial score (nSPS) is 22.4. The third-order valence-electron chi connectivity index (χ3n) is 4.36. The number of ether oxygens (including phenoxy) is 1. The van der Waals surface area contributed by atoms with Gasteiger partial charge in [-0.3, -0.25) is 4.79 Å². The van der Waals surface area contributed by atoms with Crippen molar-refractivity contribution in [3.05, 3.63) is 29.0 Å². The van der Waals surface area contributed by atoms with E-state index >= 15 is 0 Å². The zero-order chi connectivity index (χ0) is 14.2. The number of rotatable bonds is 2. The number of hydrogen-bond donors (Lipinski definition) is 0. The van der Waals surface area contributed by atoms with Crippen molar-refractivity contribution in [3.63, 3.8) is 0 Å². The SMILES string of the molecule is CC1(C(=O)N2CCC(c3ccc(Cl)nc3)CC2)COC1. The summed E-state index contributed by atoms with van der Waals surface area (Å²) < 4.78 is 5.18. The van der Waals surface area contributed by atoms with Gasteiger partial charge in [0.15, 0.2) is 0 Å². The molecule has 108 valence electrons. The van der Waals surface area contributed by atoms with Crippen LogP contribution < -0.4 is 0 Å². The standard InChI is InChI=1S/C15H19ClN2O2/c1-15(9-20-10-15)14(19)18-6-4-11(5-7-18)12-2-3-13(16)17-8-12/h2-3,8,11H,4-7,9-10H2,1H3.